The van der Waals surface area contributed by atoms with E-state index in [0.717, 1.165) is 0 Å². The summed E-state index contributed by atoms with van der Waals surface area (Å²) in [7, 11) is 0. The van der Waals surface area contributed by atoms with Crippen molar-refractivity contribution in [2.24, 2.45) is 0 Å². The lowest BCUT2D eigenvalue weighted by molar-refractivity contribution is -0.116. The van der Waals surface area contributed by atoms with E-state index >= 15 is 0 Å². The number of halogens is 1. The summed E-state index contributed by atoms with van der Waals surface area (Å²) in [4.78, 5) is 23.4. The van der Waals surface area contributed by atoms with Gasteiger partial charge in [0.25, 0.3) is 0 Å². The van der Waals surface area contributed by atoms with Crippen LogP contribution >= 0.6 is 0 Å². The largest absolute Gasteiger partial charge is 0.477 e. The molecular formula is C16H12FN5O3. The third-order valence-electron chi connectivity index (χ3n) is 4.19. The molecule has 4 rings (SSSR count). The average Bonchev–Trinajstić information content (AvgIpc) is 3.21. The van der Waals surface area contributed by atoms with Crippen LogP contribution in [0.3, 0.4) is 0 Å². The molecule has 0 saturated heterocycles. The molecule has 0 aliphatic carbocycles. The van der Waals surface area contributed by atoms with E-state index in [1.165, 1.54) is 18.3 Å². The fraction of sp³-hybridized carbons (Fsp3) is 0.125. The summed E-state index contributed by atoms with van der Waals surface area (Å²) in [5.41, 5.74) is 2.24. The van der Waals surface area contributed by atoms with E-state index in [-0.39, 0.29) is 23.8 Å². The molecule has 4 N–H and O–H groups in total. The summed E-state index contributed by atoms with van der Waals surface area (Å²) < 4.78 is 13.2. The van der Waals surface area contributed by atoms with Gasteiger partial charge in [-0.25, -0.2) is 9.18 Å². The van der Waals surface area contributed by atoms with Gasteiger partial charge in [-0.2, -0.15) is 10.2 Å². The highest BCUT2D eigenvalue weighted by atomic mass is 19.1. The SMILES string of the molecule is O=C1CC(c2cn[nH]c2C(=O)O)c2c(n[nH]c2-c2ccc(F)cc2)N1. The molecule has 1 aliphatic heterocycles. The van der Waals surface area contributed by atoms with Gasteiger partial charge < -0.3 is 10.4 Å². The third-order valence-corrected chi connectivity index (χ3v) is 4.19. The smallest absolute Gasteiger partial charge is 0.354 e. The molecule has 8 nitrogen and oxygen atoms in total. The molecule has 1 unspecified atom stereocenters. The van der Waals surface area contributed by atoms with Crippen molar-refractivity contribution in [3.05, 3.63) is 53.1 Å². The number of anilines is 1. The van der Waals surface area contributed by atoms with Gasteiger partial charge in [0.2, 0.25) is 5.91 Å². The number of rotatable bonds is 3. The van der Waals surface area contributed by atoms with Gasteiger partial charge >= 0.3 is 5.97 Å². The molecule has 126 valence electrons. The number of nitrogens with zero attached hydrogens (tertiary/aromatic N) is 2. The van der Waals surface area contributed by atoms with Crippen molar-refractivity contribution in [1.82, 2.24) is 20.4 Å². The van der Waals surface area contributed by atoms with Gasteiger partial charge in [0, 0.05) is 29.0 Å². The normalized spacial score (nSPS) is 16.4. The van der Waals surface area contributed by atoms with Crippen LogP contribution in [0.5, 0.6) is 0 Å². The van der Waals surface area contributed by atoms with Crippen molar-refractivity contribution in [2.45, 2.75) is 12.3 Å². The number of aromatic nitrogens is 4. The van der Waals surface area contributed by atoms with Crippen molar-refractivity contribution in [3.8, 4) is 11.3 Å². The maximum atomic E-state index is 13.2. The fourth-order valence-corrected chi connectivity index (χ4v) is 3.09. The lowest BCUT2D eigenvalue weighted by atomic mass is 9.84. The van der Waals surface area contributed by atoms with Crippen molar-refractivity contribution in [1.29, 1.82) is 0 Å². The third kappa shape index (κ3) is 2.45. The monoisotopic (exact) mass is 341 g/mol. The number of carbonyl (C=O) groups excluding carboxylic acids is 1. The second kappa shape index (κ2) is 5.55. The molecule has 0 bridgehead atoms. The van der Waals surface area contributed by atoms with Crippen LogP contribution in [-0.4, -0.2) is 37.4 Å². The number of carboxylic acids is 1. The highest BCUT2D eigenvalue weighted by molar-refractivity contribution is 5.97. The maximum absolute atomic E-state index is 13.2. The Hall–Kier alpha value is -3.49. The second-order valence-electron chi connectivity index (χ2n) is 5.68. The molecular weight excluding hydrogens is 329 g/mol. The number of H-pyrrole nitrogens is 2. The van der Waals surface area contributed by atoms with Crippen LogP contribution in [0.4, 0.5) is 10.2 Å². The van der Waals surface area contributed by atoms with Crippen LogP contribution in [0.25, 0.3) is 11.3 Å². The molecule has 1 aromatic carbocycles. The van der Waals surface area contributed by atoms with Crippen molar-refractivity contribution >= 4 is 17.7 Å². The van der Waals surface area contributed by atoms with E-state index < -0.39 is 11.9 Å². The van der Waals surface area contributed by atoms with E-state index in [4.69, 9.17) is 0 Å². The van der Waals surface area contributed by atoms with Crippen LogP contribution in [0.15, 0.2) is 30.5 Å². The van der Waals surface area contributed by atoms with E-state index in [2.05, 4.69) is 25.7 Å². The van der Waals surface area contributed by atoms with Gasteiger partial charge in [0.1, 0.15) is 11.5 Å². The van der Waals surface area contributed by atoms with Crippen LogP contribution in [0.1, 0.15) is 34.0 Å². The van der Waals surface area contributed by atoms with E-state index in [1.807, 2.05) is 0 Å². The van der Waals surface area contributed by atoms with Crippen LogP contribution in [0, 0.1) is 5.82 Å². The molecule has 9 heteroatoms. The number of carboxylic acid groups (broad SMARTS) is 1. The average molecular weight is 341 g/mol. The number of aromatic carboxylic acids is 1. The first-order valence-electron chi connectivity index (χ1n) is 7.45. The molecule has 3 aromatic rings. The Labute approximate surface area is 140 Å². The standard InChI is InChI=1S/C16H12FN5O3/c17-8-3-1-7(2-4-8)13-12-9(5-11(23)19-15(12)22-21-13)10-6-18-20-14(10)16(24)25/h1-4,6,9H,5H2,(H,18,20)(H,24,25)(H2,19,21,22,23). The van der Waals surface area contributed by atoms with Gasteiger partial charge in [-0.15, -0.1) is 0 Å². The van der Waals surface area contributed by atoms with E-state index in [1.54, 1.807) is 12.1 Å². The summed E-state index contributed by atoms with van der Waals surface area (Å²) in [6.07, 6.45) is 1.46. The van der Waals surface area contributed by atoms with E-state index in [0.29, 0.717) is 28.2 Å². The Morgan fingerprint density at radius 1 is 1.24 bits per heavy atom. The summed E-state index contributed by atoms with van der Waals surface area (Å²) in [6.45, 7) is 0. The Kier molecular flexibility index (Phi) is 3.34. The number of nitrogens with one attached hydrogen (secondary N) is 3. The minimum atomic E-state index is -1.16. The van der Waals surface area contributed by atoms with Gasteiger partial charge in [-0.3, -0.25) is 15.0 Å². The minimum Gasteiger partial charge on any atom is -0.477 e. The molecule has 0 saturated carbocycles. The first kappa shape index (κ1) is 15.1. The Bertz CT molecular complexity index is 976. The van der Waals surface area contributed by atoms with Crippen molar-refractivity contribution in [2.75, 3.05) is 5.32 Å². The van der Waals surface area contributed by atoms with Gasteiger partial charge in [-0.05, 0) is 24.3 Å². The van der Waals surface area contributed by atoms with E-state index in [9.17, 15) is 19.1 Å². The number of fused-ring (bicyclic) bond motifs is 1. The zero-order valence-corrected chi connectivity index (χ0v) is 12.7. The Balaban J connectivity index is 1.88. The number of amides is 1. The highest BCUT2D eigenvalue weighted by Gasteiger charge is 2.35. The molecule has 0 spiro atoms. The van der Waals surface area contributed by atoms with Crippen LogP contribution < -0.4 is 5.32 Å². The highest BCUT2D eigenvalue weighted by Crippen LogP contribution is 2.42. The summed E-state index contributed by atoms with van der Waals surface area (Å²) in [5.74, 6) is -2.01. The van der Waals surface area contributed by atoms with Gasteiger partial charge in [0.05, 0.1) is 11.9 Å². The molecule has 1 aliphatic rings. The van der Waals surface area contributed by atoms with Gasteiger partial charge in [0.15, 0.2) is 5.82 Å². The molecule has 1 atom stereocenters. The quantitative estimate of drug-likeness (QED) is 0.581. The van der Waals surface area contributed by atoms with Gasteiger partial charge in [-0.1, -0.05) is 0 Å². The predicted molar refractivity (Wildman–Crippen MR) is 84.6 cm³/mol. The van der Waals surface area contributed by atoms with Crippen LogP contribution in [-0.2, 0) is 4.79 Å². The minimum absolute atomic E-state index is 0.0561. The second-order valence-corrected chi connectivity index (χ2v) is 5.68. The number of hydrogen-bond donors (Lipinski definition) is 4. The summed E-state index contributed by atoms with van der Waals surface area (Å²) in [6, 6.07) is 5.81. The molecule has 3 heterocycles. The topological polar surface area (TPSA) is 124 Å². The Morgan fingerprint density at radius 3 is 2.72 bits per heavy atom. The first-order chi connectivity index (χ1) is 12.0. The fourth-order valence-electron chi connectivity index (χ4n) is 3.09. The summed E-state index contributed by atoms with van der Waals surface area (Å²) >= 11 is 0. The van der Waals surface area contributed by atoms with Crippen molar-refractivity contribution in [3.63, 3.8) is 0 Å². The molecule has 0 fully saturated rings. The number of hydrogen-bond acceptors (Lipinski definition) is 4. The predicted octanol–water partition coefficient (Wildman–Crippen LogP) is 2.11. The molecule has 25 heavy (non-hydrogen) atoms. The Morgan fingerprint density at radius 2 is 2.00 bits per heavy atom. The first-order valence-corrected chi connectivity index (χ1v) is 7.45. The molecule has 0 radical (unpaired) electrons. The number of aromatic amines is 2. The lowest BCUT2D eigenvalue weighted by Gasteiger charge is -2.22. The zero-order chi connectivity index (χ0) is 17.6. The number of carbonyl (C=O) groups is 2. The maximum Gasteiger partial charge on any atom is 0.354 e. The summed E-state index contributed by atoms with van der Waals surface area (Å²) in [5, 5.41) is 25.2. The molecule has 2 aromatic heterocycles. The van der Waals surface area contributed by atoms with Crippen molar-refractivity contribution < 1.29 is 19.1 Å². The number of benzene rings is 1. The zero-order valence-electron chi connectivity index (χ0n) is 12.7. The van der Waals surface area contributed by atoms with Crippen LogP contribution in [0.2, 0.25) is 0 Å². The lowest BCUT2D eigenvalue weighted by Crippen LogP contribution is -2.24. The molecule has 1 amide bonds.